The molecule has 0 aliphatic rings. The Morgan fingerprint density at radius 3 is 2.77 bits per heavy atom. The van der Waals surface area contributed by atoms with Gasteiger partial charge in [-0.25, -0.2) is 5.43 Å². The molecule has 0 saturated carbocycles. The van der Waals surface area contributed by atoms with Crippen LogP contribution in [-0.2, 0) is 0 Å². The number of hydrogen-bond acceptors (Lipinski definition) is 4. The molecule has 0 bridgehead atoms. The first-order valence-electron chi connectivity index (χ1n) is 6.56. The number of hydrogen-bond donors (Lipinski definition) is 4. The van der Waals surface area contributed by atoms with E-state index in [1.807, 2.05) is 24.3 Å². The molecule has 0 aliphatic carbocycles. The van der Waals surface area contributed by atoms with Crippen molar-refractivity contribution in [3.8, 4) is 11.5 Å². The topological polar surface area (TPSA) is 97.7 Å². The minimum atomic E-state index is -0.336. The molecule has 3 aromatic rings. The van der Waals surface area contributed by atoms with Crippen molar-refractivity contribution in [1.82, 2.24) is 10.4 Å². The molecule has 6 nitrogen and oxygen atoms in total. The highest BCUT2D eigenvalue weighted by molar-refractivity contribution is 6.06. The normalized spacial score (nSPS) is 11.1. The number of carbonyl (C=O) groups excluding carboxylic acids is 1. The van der Waals surface area contributed by atoms with Gasteiger partial charge in [0, 0.05) is 17.1 Å². The number of amides is 1. The van der Waals surface area contributed by atoms with Crippen LogP contribution in [-0.4, -0.2) is 27.3 Å². The molecule has 4 N–H and O–H groups in total. The Hall–Kier alpha value is -3.28. The van der Waals surface area contributed by atoms with Crippen LogP contribution >= 0.6 is 0 Å². The third kappa shape index (κ3) is 2.62. The molecule has 6 heteroatoms. The molecule has 0 radical (unpaired) electrons. The number of aromatic hydroxyl groups is 2. The first kappa shape index (κ1) is 13.7. The van der Waals surface area contributed by atoms with E-state index in [-0.39, 0.29) is 17.4 Å². The Labute approximate surface area is 125 Å². The summed E-state index contributed by atoms with van der Waals surface area (Å²) in [4.78, 5) is 15.1. The maximum atomic E-state index is 12.1. The van der Waals surface area contributed by atoms with Gasteiger partial charge in [-0.05, 0) is 29.8 Å². The number of aromatic amines is 1. The molecule has 110 valence electrons. The third-order valence-corrected chi connectivity index (χ3v) is 3.21. The Kier molecular flexibility index (Phi) is 3.49. The lowest BCUT2D eigenvalue weighted by Gasteiger charge is -1.99. The molecule has 3 rings (SSSR count). The van der Waals surface area contributed by atoms with Gasteiger partial charge in [0.05, 0.1) is 11.8 Å². The van der Waals surface area contributed by atoms with E-state index in [0.717, 1.165) is 10.9 Å². The number of rotatable bonds is 3. The van der Waals surface area contributed by atoms with Gasteiger partial charge in [0.25, 0.3) is 5.91 Å². The van der Waals surface area contributed by atoms with Gasteiger partial charge in [0.2, 0.25) is 0 Å². The Bertz CT molecular complexity index is 868. The largest absolute Gasteiger partial charge is 0.504 e. The van der Waals surface area contributed by atoms with Crippen LogP contribution in [0.3, 0.4) is 0 Å². The second-order valence-corrected chi connectivity index (χ2v) is 4.70. The van der Waals surface area contributed by atoms with E-state index in [9.17, 15) is 15.0 Å². The maximum absolute atomic E-state index is 12.1. The SMILES string of the molecule is O=C(N/N=C\c1ccc(O)c(O)c1)c1c[nH]c2ccccc12. The molecule has 0 spiro atoms. The van der Waals surface area contributed by atoms with Gasteiger partial charge < -0.3 is 15.2 Å². The van der Waals surface area contributed by atoms with E-state index in [1.54, 1.807) is 12.3 Å². The van der Waals surface area contributed by atoms with Gasteiger partial charge in [0.1, 0.15) is 0 Å². The number of carbonyl (C=O) groups is 1. The third-order valence-electron chi connectivity index (χ3n) is 3.21. The molecule has 0 saturated heterocycles. The zero-order valence-corrected chi connectivity index (χ0v) is 11.4. The number of aromatic nitrogens is 1. The summed E-state index contributed by atoms with van der Waals surface area (Å²) in [6.45, 7) is 0. The van der Waals surface area contributed by atoms with Crippen LogP contribution in [0.2, 0.25) is 0 Å². The van der Waals surface area contributed by atoms with Crippen molar-refractivity contribution < 1.29 is 15.0 Å². The predicted molar refractivity (Wildman–Crippen MR) is 83.1 cm³/mol. The first-order valence-corrected chi connectivity index (χ1v) is 6.56. The summed E-state index contributed by atoms with van der Waals surface area (Å²) >= 11 is 0. The lowest BCUT2D eigenvalue weighted by molar-refractivity contribution is 0.0957. The second kappa shape index (κ2) is 5.61. The van der Waals surface area contributed by atoms with Gasteiger partial charge in [-0.3, -0.25) is 4.79 Å². The van der Waals surface area contributed by atoms with E-state index in [0.29, 0.717) is 11.1 Å². The number of H-pyrrole nitrogens is 1. The standard InChI is InChI=1S/C16H13N3O3/c20-14-6-5-10(7-15(14)21)8-18-19-16(22)12-9-17-13-4-2-1-3-11(12)13/h1-9,17,20-21H,(H,19,22)/b18-8-. The average Bonchev–Trinajstić information content (AvgIpc) is 2.95. The van der Waals surface area contributed by atoms with Crippen molar-refractivity contribution in [1.29, 1.82) is 0 Å². The lowest BCUT2D eigenvalue weighted by atomic mass is 10.2. The summed E-state index contributed by atoms with van der Waals surface area (Å²) < 4.78 is 0. The molecule has 22 heavy (non-hydrogen) atoms. The van der Waals surface area contributed by atoms with Crippen molar-refractivity contribution in [3.05, 3.63) is 59.8 Å². The Morgan fingerprint density at radius 1 is 1.14 bits per heavy atom. The molecule has 2 aromatic carbocycles. The van der Waals surface area contributed by atoms with Crippen molar-refractivity contribution in [2.45, 2.75) is 0 Å². The summed E-state index contributed by atoms with van der Waals surface area (Å²) in [5.41, 5.74) is 4.35. The van der Waals surface area contributed by atoms with Crippen LogP contribution in [0.4, 0.5) is 0 Å². The van der Waals surface area contributed by atoms with Crippen molar-refractivity contribution in [2.24, 2.45) is 5.10 Å². The van der Waals surface area contributed by atoms with Gasteiger partial charge in [0.15, 0.2) is 11.5 Å². The van der Waals surface area contributed by atoms with Crippen LogP contribution < -0.4 is 5.43 Å². The van der Waals surface area contributed by atoms with Crippen molar-refractivity contribution in [2.75, 3.05) is 0 Å². The molecular weight excluding hydrogens is 282 g/mol. The molecule has 1 heterocycles. The predicted octanol–water partition coefficient (Wildman–Crippen LogP) is 2.34. The van der Waals surface area contributed by atoms with Crippen LogP contribution in [0.5, 0.6) is 11.5 Å². The Morgan fingerprint density at radius 2 is 1.95 bits per heavy atom. The number of hydrazone groups is 1. The van der Waals surface area contributed by atoms with E-state index in [2.05, 4.69) is 15.5 Å². The number of benzene rings is 2. The number of phenolic OH excluding ortho intramolecular Hbond substituents is 2. The molecule has 0 atom stereocenters. The zero-order chi connectivity index (χ0) is 15.5. The summed E-state index contributed by atoms with van der Waals surface area (Å²) in [6, 6.07) is 11.7. The molecule has 0 unspecified atom stereocenters. The maximum Gasteiger partial charge on any atom is 0.273 e. The first-order chi connectivity index (χ1) is 10.6. The van der Waals surface area contributed by atoms with Gasteiger partial charge in [-0.2, -0.15) is 5.10 Å². The fourth-order valence-corrected chi connectivity index (χ4v) is 2.11. The van der Waals surface area contributed by atoms with E-state index in [1.165, 1.54) is 18.3 Å². The second-order valence-electron chi connectivity index (χ2n) is 4.70. The van der Waals surface area contributed by atoms with Crippen molar-refractivity contribution >= 4 is 23.0 Å². The average molecular weight is 295 g/mol. The summed E-state index contributed by atoms with van der Waals surface area (Å²) in [6.07, 6.45) is 3.01. The molecule has 1 aromatic heterocycles. The smallest absolute Gasteiger partial charge is 0.273 e. The number of para-hydroxylation sites is 1. The minimum absolute atomic E-state index is 0.208. The molecule has 1 amide bonds. The fourth-order valence-electron chi connectivity index (χ4n) is 2.11. The summed E-state index contributed by atoms with van der Waals surface area (Å²) in [5.74, 6) is -0.788. The highest BCUT2D eigenvalue weighted by atomic mass is 16.3. The summed E-state index contributed by atoms with van der Waals surface area (Å²) in [7, 11) is 0. The van der Waals surface area contributed by atoms with Crippen LogP contribution in [0.1, 0.15) is 15.9 Å². The van der Waals surface area contributed by atoms with Crippen molar-refractivity contribution in [3.63, 3.8) is 0 Å². The van der Waals surface area contributed by atoms with Crippen LogP contribution in [0, 0.1) is 0 Å². The highest BCUT2D eigenvalue weighted by Gasteiger charge is 2.10. The lowest BCUT2D eigenvalue weighted by Crippen LogP contribution is -2.17. The van der Waals surface area contributed by atoms with Gasteiger partial charge in [-0.1, -0.05) is 18.2 Å². The Balaban J connectivity index is 1.74. The van der Waals surface area contributed by atoms with E-state index < -0.39 is 0 Å². The quantitative estimate of drug-likeness (QED) is 0.339. The molecular formula is C16H13N3O3. The van der Waals surface area contributed by atoms with Gasteiger partial charge >= 0.3 is 0 Å². The number of fused-ring (bicyclic) bond motifs is 1. The number of nitrogens with one attached hydrogen (secondary N) is 2. The minimum Gasteiger partial charge on any atom is -0.504 e. The zero-order valence-electron chi connectivity index (χ0n) is 11.4. The van der Waals surface area contributed by atoms with Crippen LogP contribution in [0.15, 0.2) is 53.8 Å². The monoisotopic (exact) mass is 295 g/mol. The van der Waals surface area contributed by atoms with Crippen LogP contribution in [0.25, 0.3) is 10.9 Å². The van der Waals surface area contributed by atoms with E-state index in [4.69, 9.17) is 0 Å². The van der Waals surface area contributed by atoms with Gasteiger partial charge in [-0.15, -0.1) is 0 Å². The fraction of sp³-hybridized carbons (Fsp3) is 0. The highest BCUT2D eigenvalue weighted by Crippen LogP contribution is 2.24. The van der Waals surface area contributed by atoms with E-state index >= 15 is 0 Å². The number of nitrogens with zero attached hydrogens (tertiary/aromatic N) is 1. The molecule has 0 aliphatic heterocycles. The molecule has 0 fully saturated rings. The number of phenols is 2. The summed E-state index contributed by atoms with van der Waals surface area (Å²) in [5, 5.41) is 23.3.